The first kappa shape index (κ1) is 19.9. The molecule has 0 aliphatic carbocycles. The van der Waals surface area contributed by atoms with Crippen LogP contribution in [0.3, 0.4) is 0 Å². The zero-order chi connectivity index (χ0) is 20.1. The fraction of sp³-hybridized carbons (Fsp3) is 0.364. The van der Waals surface area contributed by atoms with E-state index < -0.39 is 0 Å². The van der Waals surface area contributed by atoms with E-state index in [1.165, 1.54) is 5.56 Å². The molecule has 0 saturated heterocycles. The van der Waals surface area contributed by atoms with Crippen LogP contribution in [0.5, 0.6) is 5.75 Å². The Morgan fingerprint density at radius 2 is 2.00 bits per heavy atom. The number of fused-ring (bicyclic) bond motifs is 1. The molecule has 1 aromatic carbocycles. The number of nitrogens with zero attached hydrogens (tertiary/aromatic N) is 2. The van der Waals surface area contributed by atoms with E-state index in [9.17, 15) is 4.79 Å². The van der Waals surface area contributed by atoms with Crippen LogP contribution in [0.25, 0.3) is 5.65 Å². The van der Waals surface area contributed by atoms with Crippen LogP contribution >= 0.6 is 0 Å². The zero-order valence-electron chi connectivity index (χ0n) is 16.7. The van der Waals surface area contributed by atoms with Gasteiger partial charge in [-0.05, 0) is 49.6 Å². The average Bonchev–Trinajstić information content (AvgIpc) is 3.12. The summed E-state index contributed by atoms with van der Waals surface area (Å²) in [5.41, 5.74) is 8.96. The number of benzene rings is 1. The predicted molar refractivity (Wildman–Crippen MR) is 111 cm³/mol. The Hall–Kier alpha value is -2.86. The summed E-state index contributed by atoms with van der Waals surface area (Å²) in [6, 6.07) is 11.2. The second kappa shape index (κ2) is 8.44. The molecule has 28 heavy (non-hydrogen) atoms. The van der Waals surface area contributed by atoms with Crippen molar-refractivity contribution in [3.05, 3.63) is 65.6 Å². The summed E-state index contributed by atoms with van der Waals surface area (Å²) in [5.74, 6) is 0.495. The number of imidazole rings is 1. The molecule has 6 nitrogen and oxygen atoms in total. The van der Waals surface area contributed by atoms with Crippen molar-refractivity contribution in [1.29, 1.82) is 0 Å². The van der Waals surface area contributed by atoms with E-state index in [-0.39, 0.29) is 11.4 Å². The van der Waals surface area contributed by atoms with Crippen molar-refractivity contribution in [1.82, 2.24) is 14.7 Å². The van der Waals surface area contributed by atoms with Crippen LogP contribution in [0.4, 0.5) is 0 Å². The summed E-state index contributed by atoms with van der Waals surface area (Å²) in [4.78, 5) is 17.2. The molecule has 0 radical (unpaired) electrons. The van der Waals surface area contributed by atoms with Crippen LogP contribution < -0.4 is 15.8 Å². The maximum absolute atomic E-state index is 12.7. The quantitative estimate of drug-likeness (QED) is 0.627. The summed E-state index contributed by atoms with van der Waals surface area (Å²) >= 11 is 0. The number of nitrogens with two attached hydrogens (primary N) is 1. The second-order valence-electron chi connectivity index (χ2n) is 7.17. The highest BCUT2D eigenvalue weighted by molar-refractivity contribution is 5.95. The number of nitrogens with one attached hydrogen (secondary N) is 1. The van der Waals surface area contributed by atoms with Crippen LogP contribution in [0.15, 0.2) is 48.8 Å². The molecule has 3 N–H and O–H groups in total. The number of aromatic nitrogens is 2. The van der Waals surface area contributed by atoms with Gasteiger partial charge in [-0.25, -0.2) is 4.98 Å². The number of carbonyl (C=O) groups is 1. The molecule has 0 unspecified atom stereocenters. The van der Waals surface area contributed by atoms with Crippen molar-refractivity contribution < 1.29 is 9.53 Å². The third-order valence-corrected chi connectivity index (χ3v) is 5.25. The third kappa shape index (κ3) is 4.34. The van der Waals surface area contributed by atoms with Gasteiger partial charge >= 0.3 is 0 Å². The number of pyridine rings is 1. The van der Waals surface area contributed by atoms with E-state index in [0.29, 0.717) is 24.5 Å². The van der Waals surface area contributed by atoms with Gasteiger partial charge in [0.15, 0.2) is 0 Å². The largest absolute Gasteiger partial charge is 0.487 e. The SMILES string of the molecule is CCC(CC)(CN)NC(=O)c1cccc(OCc2cn3cc(C)ccc3n2)c1. The molecule has 0 saturated carbocycles. The number of hydrogen-bond acceptors (Lipinski definition) is 4. The Labute approximate surface area is 165 Å². The normalized spacial score (nSPS) is 11.6. The van der Waals surface area contributed by atoms with Gasteiger partial charge in [0.25, 0.3) is 5.91 Å². The van der Waals surface area contributed by atoms with E-state index in [4.69, 9.17) is 10.5 Å². The first-order valence-corrected chi connectivity index (χ1v) is 9.68. The standard InChI is InChI=1S/C22H28N4O2/c1-4-22(5-2,15-23)25-21(27)17-7-6-8-19(11-17)28-14-18-13-26-12-16(3)9-10-20(26)24-18/h6-13H,4-5,14-15,23H2,1-3H3,(H,25,27). The van der Waals surface area contributed by atoms with Crippen molar-refractivity contribution in [3.63, 3.8) is 0 Å². The van der Waals surface area contributed by atoms with Gasteiger partial charge in [0.1, 0.15) is 18.0 Å². The monoisotopic (exact) mass is 380 g/mol. The minimum atomic E-state index is -0.372. The lowest BCUT2D eigenvalue weighted by molar-refractivity contribution is 0.0894. The fourth-order valence-corrected chi connectivity index (χ4v) is 3.19. The summed E-state index contributed by atoms with van der Waals surface area (Å²) in [7, 11) is 0. The Kier molecular flexibility index (Phi) is 5.99. The lowest BCUT2D eigenvalue weighted by Crippen LogP contribution is -2.52. The lowest BCUT2D eigenvalue weighted by atomic mass is 9.92. The van der Waals surface area contributed by atoms with E-state index >= 15 is 0 Å². The molecule has 0 aliphatic rings. The van der Waals surface area contributed by atoms with E-state index in [1.54, 1.807) is 12.1 Å². The molecule has 6 heteroatoms. The molecule has 2 heterocycles. The van der Waals surface area contributed by atoms with Crippen LogP contribution in [0.1, 0.15) is 48.3 Å². The maximum Gasteiger partial charge on any atom is 0.251 e. The van der Waals surface area contributed by atoms with Crippen molar-refractivity contribution >= 4 is 11.6 Å². The molecule has 0 atom stereocenters. The minimum Gasteiger partial charge on any atom is -0.487 e. The number of carbonyl (C=O) groups excluding carboxylic acids is 1. The van der Waals surface area contributed by atoms with Gasteiger partial charge in [0.05, 0.1) is 11.2 Å². The number of amides is 1. The van der Waals surface area contributed by atoms with E-state index in [0.717, 1.165) is 24.2 Å². The second-order valence-corrected chi connectivity index (χ2v) is 7.17. The molecule has 3 aromatic rings. The van der Waals surface area contributed by atoms with Crippen LogP contribution in [0, 0.1) is 6.92 Å². The van der Waals surface area contributed by atoms with Gasteiger partial charge in [-0.2, -0.15) is 0 Å². The van der Waals surface area contributed by atoms with Gasteiger partial charge in [-0.1, -0.05) is 26.0 Å². The molecule has 0 aliphatic heterocycles. The number of aryl methyl sites for hydroxylation is 1. The number of hydrogen-bond donors (Lipinski definition) is 2. The fourth-order valence-electron chi connectivity index (χ4n) is 3.19. The van der Waals surface area contributed by atoms with Crippen LogP contribution in [-0.2, 0) is 6.61 Å². The number of rotatable bonds is 8. The summed E-state index contributed by atoms with van der Waals surface area (Å²) in [6.07, 6.45) is 5.56. The summed E-state index contributed by atoms with van der Waals surface area (Å²) < 4.78 is 7.86. The van der Waals surface area contributed by atoms with Crippen molar-refractivity contribution in [3.8, 4) is 5.75 Å². The van der Waals surface area contributed by atoms with Gasteiger partial charge in [-0.3, -0.25) is 4.79 Å². The van der Waals surface area contributed by atoms with Crippen molar-refractivity contribution in [2.75, 3.05) is 6.54 Å². The average molecular weight is 380 g/mol. The number of ether oxygens (including phenoxy) is 1. The van der Waals surface area contributed by atoms with Gasteiger partial charge in [0, 0.05) is 24.5 Å². The summed E-state index contributed by atoms with van der Waals surface area (Å²) in [5, 5.41) is 3.08. The first-order chi connectivity index (χ1) is 13.5. The highest BCUT2D eigenvalue weighted by Gasteiger charge is 2.26. The van der Waals surface area contributed by atoms with Crippen LogP contribution in [0.2, 0.25) is 0 Å². The molecule has 0 bridgehead atoms. The van der Waals surface area contributed by atoms with Gasteiger partial charge in [-0.15, -0.1) is 0 Å². The molecular formula is C22H28N4O2. The summed E-state index contributed by atoms with van der Waals surface area (Å²) in [6.45, 7) is 6.86. The molecule has 2 aromatic heterocycles. The Morgan fingerprint density at radius 3 is 2.71 bits per heavy atom. The molecule has 1 amide bonds. The highest BCUT2D eigenvalue weighted by atomic mass is 16.5. The van der Waals surface area contributed by atoms with E-state index in [2.05, 4.69) is 10.3 Å². The molecule has 148 valence electrons. The van der Waals surface area contributed by atoms with Gasteiger partial charge in [0.2, 0.25) is 0 Å². The van der Waals surface area contributed by atoms with Gasteiger partial charge < -0.3 is 20.2 Å². The molecule has 0 spiro atoms. The Balaban J connectivity index is 1.69. The first-order valence-electron chi connectivity index (χ1n) is 9.68. The topological polar surface area (TPSA) is 81.6 Å². The minimum absolute atomic E-state index is 0.136. The molecular weight excluding hydrogens is 352 g/mol. The smallest absolute Gasteiger partial charge is 0.251 e. The van der Waals surface area contributed by atoms with Crippen molar-refractivity contribution in [2.45, 2.75) is 45.8 Å². The zero-order valence-corrected chi connectivity index (χ0v) is 16.7. The Bertz CT molecular complexity index is 952. The van der Waals surface area contributed by atoms with E-state index in [1.807, 2.05) is 61.8 Å². The third-order valence-electron chi connectivity index (χ3n) is 5.25. The highest BCUT2D eigenvalue weighted by Crippen LogP contribution is 2.18. The maximum atomic E-state index is 12.7. The molecule has 0 fully saturated rings. The van der Waals surface area contributed by atoms with Crippen molar-refractivity contribution in [2.24, 2.45) is 5.73 Å². The Morgan fingerprint density at radius 1 is 1.21 bits per heavy atom. The predicted octanol–water partition coefficient (Wildman–Crippen LogP) is 3.47. The lowest BCUT2D eigenvalue weighted by Gasteiger charge is -2.31. The molecule has 3 rings (SSSR count). The van der Waals surface area contributed by atoms with Crippen LogP contribution in [-0.4, -0.2) is 27.4 Å².